The first-order valence-corrected chi connectivity index (χ1v) is 7.20. The molecule has 5 nitrogen and oxygen atoms in total. The number of ether oxygens (including phenoxy) is 1. The van der Waals surface area contributed by atoms with Gasteiger partial charge in [-0.25, -0.2) is 4.79 Å². The van der Waals surface area contributed by atoms with Crippen molar-refractivity contribution in [1.29, 1.82) is 0 Å². The van der Waals surface area contributed by atoms with Crippen LogP contribution in [0.3, 0.4) is 0 Å². The van der Waals surface area contributed by atoms with Crippen molar-refractivity contribution in [3.8, 4) is 0 Å². The molecule has 0 bridgehead atoms. The third-order valence-corrected chi connectivity index (χ3v) is 2.91. The lowest BCUT2D eigenvalue weighted by molar-refractivity contribution is -0.137. The quantitative estimate of drug-likeness (QED) is 0.545. The van der Waals surface area contributed by atoms with E-state index in [1.54, 1.807) is 6.92 Å². The minimum absolute atomic E-state index is 0.0141. The fourth-order valence-electron chi connectivity index (χ4n) is 1.80. The van der Waals surface area contributed by atoms with Crippen LogP contribution in [0.2, 0.25) is 0 Å². The summed E-state index contributed by atoms with van der Waals surface area (Å²) in [5.74, 6) is -0.861. The molecule has 0 radical (unpaired) electrons. The van der Waals surface area contributed by atoms with E-state index in [0.29, 0.717) is 13.1 Å². The first-order chi connectivity index (χ1) is 10.5. The number of amides is 1. The maximum absolute atomic E-state index is 12.2. The zero-order valence-electron chi connectivity index (χ0n) is 13.0. The third-order valence-electron chi connectivity index (χ3n) is 2.91. The van der Waals surface area contributed by atoms with E-state index in [0.717, 1.165) is 11.6 Å². The number of rotatable bonds is 8. The molecule has 0 aliphatic heterocycles. The highest BCUT2D eigenvalue weighted by Gasteiger charge is 2.12. The molecule has 1 aromatic rings. The molecule has 0 fully saturated rings. The van der Waals surface area contributed by atoms with E-state index < -0.39 is 5.97 Å². The van der Waals surface area contributed by atoms with Gasteiger partial charge in [-0.05, 0) is 19.4 Å². The molecule has 0 aliphatic carbocycles. The van der Waals surface area contributed by atoms with Crippen LogP contribution in [0, 0.1) is 0 Å². The van der Waals surface area contributed by atoms with Gasteiger partial charge in [0, 0.05) is 31.7 Å². The van der Waals surface area contributed by atoms with Crippen molar-refractivity contribution in [3.05, 3.63) is 48.0 Å². The Kier molecular flexibility index (Phi) is 7.61. The van der Waals surface area contributed by atoms with Crippen LogP contribution in [0.5, 0.6) is 0 Å². The number of Topliss-reactive ketones (excluding diaryl/α,β-unsaturated/α-hetero) is 1. The monoisotopic (exact) mass is 303 g/mol. The second kappa shape index (κ2) is 9.50. The number of benzene rings is 1. The zero-order valence-corrected chi connectivity index (χ0v) is 13.0. The Balaban J connectivity index is 2.73. The van der Waals surface area contributed by atoms with Crippen LogP contribution in [0.4, 0.5) is 0 Å². The van der Waals surface area contributed by atoms with Crippen molar-refractivity contribution in [2.75, 3.05) is 13.2 Å². The van der Waals surface area contributed by atoms with E-state index in [-0.39, 0.29) is 24.7 Å². The van der Waals surface area contributed by atoms with Gasteiger partial charge in [0.1, 0.15) is 5.78 Å². The van der Waals surface area contributed by atoms with Gasteiger partial charge in [-0.15, -0.1) is 0 Å². The maximum Gasteiger partial charge on any atom is 0.330 e. The molecule has 0 heterocycles. The normalized spacial score (nSPS) is 10.5. The summed E-state index contributed by atoms with van der Waals surface area (Å²) in [6.07, 6.45) is 2.57. The summed E-state index contributed by atoms with van der Waals surface area (Å²) in [6.45, 7) is 4.15. The van der Waals surface area contributed by atoms with Gasteiger partial charge < -0.3 is 9.64 Å². The molecule has 0 N–H and O–H groups in total. The van der Waals surface area contributed by atoms with E-state index in [1.165, 1.54) is 17.9 Å². The molecule has 1 aromatic carbocycles. The smallest absolute Gasteiger partial charge is 0.330 e. The summed E-state index contributed by atoms with van der Waals surface area (Å²) < 4.78 is 4.74. The average Bonchev–Trinajstić information content (AvgIpc) is 2.50. The first-order valence-electron chi connectivity index (χ1n) is 7.20. The number of esters is 1. The molecule has 0 aliphatic rings. The van der Waals surface area contributed by atoms with E-state index in [9.17, 15) is 14.4 Å². The van der Waals surface area contributed by atoms with Crippen LogP contribution in [0.1, 0.15) is 25.8 Å². The van der Waals surface area contributed by atoms with Gasteiger partial charge in [0.15, 0.2) is 0 Å². The van der Waals surface area contributed by atoms with Crippen molar-refractivity contribution < 1.29 is 19.1 Å². The fourth-order valence-corrected chi connectivity index (χ4v) is 1.80. The summed E-state index contributed by atoms with van der Waals surface area (Å²) in [4.78, 5) is 36.1. The summed E-state index contributed by atoms with van der Waals surface area (Å²) in [6, 6.07) is 9.48. The molecule has 118 valence electrons. The molecule has 22 heavy (non-hydrogen) atoms. The molecule has 0 spiro atoms. The van der Waals surface area contributed by atoms with Gasteiger partial charge in [-0.3, -0.25) is 9.59 Å². The highest BCUT2D eigenvalue weighted by Crippen LogP contribution is 2.06. The van der Waals surface area contributed by atoms with E-state index >= 15 is 0 Å². The molecule has 0 aromatic heterocycles. The topological polar surface area (TPSA) is 63.7 Å². The van der Waals surface area contributed by atoms with E-state index in [2.05, 4.69) is 0 Å². The second-order valence-electron chi connectivity index (χ2n) is 4.78. The van der Waals surface area contributed by atoms with Crippen LogP contribution >= 0.6 is 0 Å². The minimum atomic E-state index is -0.554. The lowest BCUT2D eigenvalue weighted by atomic mass is 10.2. The van der Waals surface area contributed by atoms with Crippen molar-refractivity contribution in [3.63, 3.8) is 0 Å². The van der Waals surface area contributed by atoms with Crippen LogP contribution in [0.15, 0.2) is 42.5 Å². The molecular formula is C17H21NO4. The Labute approximate surface area is 130 Å². The molecule has 0 saturated carbocycles. The fraction of sp³-hybridized carbons (Fsp3) is 0.353. The summed E-state index contributed by atoms with van der Waals surface area (Å²) in [7, 11) is 0. The molecule has 0 unspecified atom stereocenters. The lowest BCUT2D eigenvalue weighted by Gasteiger charge is -2.20. The van der Waals surface area contributed by atoms with Crippen molar-refractivity contribution >= 4 is 17.7 Å². The maximum atomic E-state index is 12.2. The van der Waals surface area contributed by atoms with Crippen molar-refractivity contribution in [1.82, 2.24) is 4.90 Å². The Morgan fingerprint density at radius 1 is 1.14 bits per heavy atom. The molecular weight excluding hydrogens is 282 g/mol. The Hall–Kier alpha value is -2.43. The summed E-state index contributed by atoms with van der Waals surface area (Å²) >= 11 is 0. The van der Waals surface area contributed by atoms with Crippen molar-refractivity contribution in [2.24, 2.45) is 0 Å². The highest BCUT2D eigenvalue weighted by atomic mass is 16.5. The summed E-state index contributed by atoms with van der Waals surface area (Å²) in [5, 5.41) is 0. The Bertz CT molecular complexity index is 537. The molecule has 0 saturated heterocycles. The minimum Gasteiger partial charge on any atom is -0.463 e. The number of hydrogen-bond donors (Lipinski definition) is 0. The standard InChI is InChI=1S/C17H21NO4/c1-3-22-17(21)10-9-16(20)18(12-11-14(2)19)13-15-7-5-4-6-8-15/h4-10H,3,11-13H2,1-2H3/b10-9-. The number of carbonyl (C=O) groups excluding carboxylic acids is 3. The number of ketones is 1. The van der Waals surface area contributed by atoms with Gasteiger partial charge in [-0.2, -0.15) is 0 Å². The Morgan fingerprint density at radius 2 is 1.82 bits per heavy atom. The number of nitrogens with zero attached hydrogens (tertiary/aromatic N) is 1. The first kappa shape index (κ1) is 17.6. The van der Waals surface area contributed by atoms with Crippen LogP contribution < -0.4 is 0 Å². The lowest BCUT2D eigenvalue weighted by Crippen LogP contribution is -2.31. The second-order valence-corrected chi connectivity index (χ2v) is 4.78. The van der Waals surface area contributed by atoms with E-state index in [4.69, 9.17) is 4.74 Å². The van der Waals surface area contributed by atoms with Crippen LogP contribution in [0.25, 0.3) is 0 Å². The third kappa shape index (κ3) is 6.83. The molecule has 1 rings (SSSR count). The van der Waals surface area contributed by atoms with Crippen LogP contribution in [-0.2, 0) is 25.7 Å². The SMILES string of the molecule is CCOC(=O)/C=C\C(=O)N(CCC(C)=O)Cc1ccccc1. The summed E-state index contributed by atoms with van der Waals surface area (Å²) in [5.41, 5.74) is 0.962. The predicted molar refractivity (Wildman–Crippen MR) is 82.9 cm³/mol. The van der Waals surface area contributed by atoms with Gasteiger partial charge in [0.05, 0.1) is 6.61 Å². The highest BCUT2D eigenvalue weighted by molar-refractivity contribution is 5.94. The predicted octanol–water partition coefficient (Wildman–Crippen LogP) is 2.11. The average molecular weight is 303 g/mol. The van der Waals surface area contributed by atoms with Crippen molar-refractivity contribution in [2.45, 2.75) is 26.8 Å². The molecule has 1 amide bonds. The largest absolute Gasteiger partial charge is 0.463 e. The number of carbonyl (C=O) groups is 3. The Morgan fingerprint density at radius 3 is 2.41 bits per heavy atom. The van der Waals surface area contributed by atoms with Gasteiger partial charge in [-0.1, -0.05) is 30.3 Å². The van der Waals surface area contributed by atoms with Gasteiger partial charge in [0.2, 0.25) is 5.91 Å². The molecule has 5 heteroatoms. The molecule has 0 atom stereocenters. The van der Waals surface area contributed by atoms with E-state index in [1.807, 2.05) is 30.3 Å². The van der Waals surface area contributed by atoms with Gasteiger partial charge in [0.25, 0.3) is 0 Å². The zero-order chi connectivity index (χ0) is 16.4. The van der Waals surface area contributed by atoms with Gasteiger partial charge >= 0.3 is 5.97 Å². The number of hydrogen-bond acceptors (Lipinski definition) is 4. The van der Waals surface area contributed by atoms with Crippen LogP contribution in [-0.4, -0.2) is 35.7 Å².